The summed E-state index contributed by atoms with van der Waals surface area (Å²) in [6.07, 6.45) is 0. The largest absolute Gasteiger partial charge is 0.338 e. The number of amides is 2. The minimum Gasteiger partial charge on any atom is -0.338 e. The van der Waals surface area contributed by atoms with Crippen LogP contribution in [0.15, 0.2) is 12.1 Å². The molecular formula is C11H15N3O3. The molecule has 0 aliphatic carbocycles. The number of nitrogens with zero attached hydrogens (tertiary/aromatic N) is 1. The monoisotopic (exact) mass is 237 g/mol. The van der Waals surface area contributed by atoms with E-state index in [1.54, 1.807) is 19.9 Å². The van der Waals surface area contributed by atoms with Gasteiger partial charge in [0.2, 0.25) is 0 Å². The fraction of sp³-hybridized carbons (Fsp3) is 0.364. The van der Waals surface area contributed by atoms with Crippen LogP contribution in [-0.4, -0.2) is 17.5 Å². The van der Waals surface area contributed by atoms with Gasteiger partial charge in [0, 0.05) is 12.6 Å². The van der Waals surface area contributed by atoms with Gasteiger partial charge in [0.05, 0.1) is 4.92 Å². The first-order valence-corrected chi connectivity index (χ1v) is 5.26. The number of urea groups is 1. The molecule has 0 aromatic heterocycles. The van der Waals surface area contributed by atoms with Gasteiger partial charge in [-0.2, -0.15) is 0 Å². The van der Waals surface area contributed by atoms with E-state index in [9.17, 15) is 14.9 Å². The zero-order chi connectivity index (χ0) is 13.0. The van der Waals surface area contributed by atoms with Crippen molar-refractivity contribution in [2.24, 2.45) is 0 Å². The van der Waals surface area contributed by atoms with E-state index in [4.69, 9.17) is 0 Å². The second-order valence-corrected chi connectivity index (χ2v) is 3.70. The number of hydrogen-bond acceptors (Lipinski definition) is 3. The summed E-state index contributed by atoms with van der Waals surface area (Å²) in [7, 11) is 0. The van der Waals surface area contributed by atoms with E-state index in [0.717, 1.165) is 11.1 Å². The number of nitro groups is 1. The van der Waals surface area contributed by atoms with Crippen molar-refractivity contribution in [1.82, 2.24) is 5.32 Å². The summed E-state index contributed by atoms with van der Waals surface area (Å²) in [6, 6.07) is 2.61. The summed E-state index contributed by atoms with van der Waals surface area (Å²) in [5.74, 6) is 0. The first-order chi connectivity index (χ1) is 7.95. The number of nitrogens with one attached hydrogen (secondary N) is 2. The van der Waals surface area contributed by atoms with Crippen LogP contribution < -0.4 is 10.6 Å². The number of carbonyl (C=O) groups excluding carboxylic acids is 1. The molecule has 6 nitrogen and oxygen atoms in total. The highest BCUT2D eigenvalue weighted by Crippen LogP contribution is 2.27. The van der Waals surface area contributed by atoms with Crippen LogP contribution in [0.1, 0.15) is 18.1 Å². The summed E-state index contributed by atoms with van der Waals surface area (Å²) < 4.78 is 0. The molecule has 1 aromatic carbocycles. The van der Waals surface area contributed by atoms with Crippen molar-refractivity contribution in [2.45, 2.75) is 20.8 Å². The molecule has 0 atom stereocenters. The molecular weight excluding hydrogens is 222 g/mol. The molecule has 2 amide bonds. The number of nitro benzene ring substituents is 1. The van der Waals surface area contributed by atoms with Crippen LogP contribution >= 0.6 is 0 Å². The van der Waals surface area contributed by atoms with Crippen molar-refractivity contribution >= 4 is 17.4 Å². The average molecular weight is 237 g/mol. The molecule has 2 N–H and O–H groups in total. The Bertz CT molecular complexity index is 458. The van der Waals surface area contributed by atoms with Crippen LogP contribution in [0.3, 0.4) is 0 Å². The molecule has 0 heterocycles. The van der Waals surface area contributed by atoms with Crippen LogP contribution in [0.2, 0.25) is 0 Å². The van der Waals surface area contributed by atoms with Crippen molar-refractivity contribution in [3.05, 3.63) is 33.4 Å². The summed E-state index contributed by atoms with van der Waals surface area (Å²) in [6.45, 7) is 5.86. The third kappa shape index (κ3) is 3.17. The minimum absolute atomic E-state index is 0.0978. The zero-order valence-corrected chi connectivity index (χ0v) is 10.0. The summed E-state index contributed by atoms with van der Waals surface area (Å²) in [5, 5.41) is 15.8. The SMILES string of the molecule is CCNC(=O)Nc1cc(C)c(C)cc1[N+](=O)[O-]. The Labute approximate surface area is 99.2 Å². The van der Waals surface area contributed by atoms with E-state index in [2.05, 4.69) is 10.6 Å². The molecule has 92 valence electrons. The Hall–Kier alpha value is -2.11. The van der Waals surface area contributed by atoms with Gasteiger partial charge in [-0.15, -0.1) is 0 Å². The Morgan fingerprint density at radius 3 is 2.47 bits per heavy atom. The predicted molar refractivity (Wildman–Crippen MR) is 65.3 cm³/mol. The van der Waals surface area contributed by atoms with Gasteiger partial charge in [-0.05, 0) is 38.0 Å². The Morgan fingerprint density at radius 2 is 1.94 bits per heavy atom. The normalized spacial score (nSPS) is 9.82. The molecule has 0 saturated carbocycles. The lowest BCUT2D eigenvalue weighted by molar-refractivity contribution is -0.384. The lowest BCUT2D eigenvalue weighted by atomic mass is 10.1. The van der Waals surface area contributed by atoms with Gasteiger partial charge in [-0.25, -0.2) is 4.79 Å². The maximum Gasteiger partial charge on any atom is 0.319 e. The highest BCUT2D eigenvalue weighted by atomic mass is 16.6. The lowest BCUT2D eigenvalue weighted by Gasteiger charge is -2.09. The Balaban J connectivity index is 3.08. The van der Waals surface area contributed by atoms with E-state index in [1.165, 1.54) is 6.07 Å². The third-order valence-corrected chi connectivity index (χ3v) is 2.39. The molecule has 1 aromatic rings. The van der Waals surface area contributed by atoms with Crippen molar-refractivity contribution in [3.8, 4) is 0 Å². The van der Waals surface area contributed by atoms with E-state index < -0.39 is 11.0 Å². The Kier molecular flexibility index (Phi) is 4.03. The number of carbonyl (C=O) groups is 1. The van der Waals surface area contributed by atoms with Crippen LogP contribution in [0.5, 0.6) is 0 Å². The van der Waals surface area contributed by atoms with Crippen molar-refractivity contribution in [1.29, 1.82) is 0 Å². The molecule has 0 saturated heterocycles. The fourth-order valence-electron chi connectivity index (χ4n) is 1.38. The summed E-state index contributed by atoms with van der Waals surface area (Å²) in [5.41, 5.74) is 1.82. The molecule has 17 heavy (non-hydrogen) atoms. The third-order valence-electron chi connectivity index (χ3n) is 2.39. The van der Waals surface area contributed by atoms with Gasteiger partial charge in [0.1, 0.15) is 5.69 Å². The highest BCUT2D eigenvalue weighted by Gasteiger charge is 2.16. The van der Waals surface area contributed by atoms with Gasteiger partial charge in [-0.1, -0.05) is 0 Å². The smallest absolute Gasteiger partial charge is 0.319 e. The fourth-order valence-corrected chi connectivity index (χ4v) is 1.38. The molecule has 1 rings (SSSR count). The first kappa shape index (κ1) is 13.0. The van der Waals surface area contributed by atoms with Gasteiger partial charge in [-0.3, -0.25) is 10.1 Å². The molecule has 0 bridgehead atoms. The average Bonchev–Trinajstić information content (AvgIpc) is 2.23. The maximum absolute atomic E-state index is 11.3. The number of aryl methyl sites for hydroxylation is 2. The predicted octanol–water partition coefficient (Wildman–Crippen LogP) is 2.35. The molecule has 0 radical (unpaired) electrons. The second kappa shape index (κ2) is 5.29. The summed E-state index contributed by atoms with van der Waals surface area (Å²) in [4.78, 5) is 21.7. The van der Waals surface area contributed by atoms with Gasteiger partial charge >= 0.3 is 6.03 Å². The van der Waals surface area contributed by atoms with Gasteiger partial charge in [0.25, 0.3) is 5.69 Å². The standard InChI is InChI=1S/C11H15N3O3/c1-4-12-11(15)13-9-5-7(2)8(3)6-10(9)14(16)17/h5-6H,4H2,1-3H3,(H2,12,13,15). The van der Waals surface area contributed by atoms with Crippen molar-refractivity contribution < 1.29 is 9.72 Å². The molecule has 0 aliphatic rings. The van der Waals surface area contributed by atoms with Gasteiger partial charge in [0.15, 0.2) is 0 Å². The van der Waals surface area contributed by atoms with Crippen LogP contribution in [0.4, 0.5) is 16.2 Å². The summed E-state index contributed by atoms with van der Waals surface area (Å²) >= 11 is 0. The number of anilines is 1. The topological polar surface area (TPSA) is 84.3 Å². The highest BCUT2D eigenvalue weighted by molar-refractivity contribution is 5.92. The van der Waals surface area contributed by atoms with E-state index in [-0.39, 0.29) is 11.4 Å². The second-order valence-electron chi connectivity index (χ2n) is 3.70. The number of rotatable bonds is 3. The van der Waals surface area contributed by atoms with Crippen LogP contribution in [-0.2, 0) is 0 Å². The molecule has 0 unspecified atom stereocenters. The Morgan fingerprint density at radius 1 is 1.35 bits per heavy atom. The zero-order valence-electron chi connectivity index (χ0n) is 10.0. The number of hydrogen-bond donors (Lipinski definition) is 2. The van der Waals surface area contributed by atoms with E-state index in [1.807, 2.05) is 6.92 Å². The molecule has 0 spiro atoms. The van der Waals surface area contributed by atoms with Crippen LogP contribution in [0.25, 0.3) is 0 Å². The van der Waals surface area contributed by atoms with Crippen molar-refractivity contribution in [2.75, 3.05) is 11.9 Å². The van der Waals surface area contributed by atoms with Crippen LogP contribution in [0, 0.1) is 24.0 Å². The molecule has 6 heteroatoms. The van der Waals surface area contributed by atoms with E-state index >= 15 is 0 Å². The lowest BCUT2D eigenvalue weighted by Crippen LogP contribution is -2.28. The first-order valence-electron chi connectivity index (χ1n) is 5.26. The molecule has 0 aliphatic heterocycles. The van der Waals surface area contributed by atoms with E-state index in [0.29, 0.717) is 6.54 Å². The van der Waals surface area contributed by atoms with Crippen molar-refractivity contribution in [3.63, 3.8) is 0 Å². The molecule has 0 fully saturated rings. The minimum atomic E-state index is -0.506. The quantitative estimate of drug-likeness (QED) is 0.625. The van der Waals surface area contributed by atoms with Gasteiger partial charge < -0.3 is 10.6 Å². The maximum atomic E-state index is 11.3. The number of benzene rings is 1.